The zero-order valence-corrected chi connectivity index (χ0v) is 29.1. The lowest BCUT2D eigenvalue weighted by Crippen LogP contribution is -2.28. The summed E-state index contributed by atoms with van der Waals surface area (Å²) in [6.45, 7) is 0. The zero-order chi connectivity index (χ0) is 35.6. The molecular formula is C50H31N3O. The van der Waals surface area contributed by atoms with Gasteiger partial charge in [-0.1, -0.05) is 164 Å². The van der Waals surface area contributed by atoms with Gasteiger partial charge < -0.3 is 4.42 Å². The Kier molecular flexibility index (Phi) is 6.73. The molecule has 0 unspecified atom stereocenters. The van der Waals surface area contributed by atoms with Crippen molar-refractivity contribution in [1.29, 1.82) is 0 Å². The van der Waals surface area contributed by atoms with E-state index in [2.05, 4.69) is 140 Å². The molecule has 1 aliphatic rings. The van der Waals surface area contributed by atoms with Crippen LogP contribution in [0.5, 0.6) is 0 Å². The first-order valence-corrected chi connectivity index (χ1v) is 18.3. The van der Waals surface area contributed by atoms with Crippen molar-refractivity contribution in [2.45, 2.75) is 5.41 Å². The Labute approximate surface area is 312 Å². The van der Waals surface area contributed by atoms with Crippen LogP contribution in [-0.4, -0.2) is 15.0 Å². The molecule has 10 aromatic rings. The Morgan fingerprint density at radius 1 is 0.389 bits per heavy atom. The van der Waals surface area contributed by atoms with E-state index in [0.717, 1.165) is 44.2 Å². The molecule has 54 heavy (non-hydrogen) atoms. The predicted octanol–water partition coefficient (Wildman–Crippen LogP) is 12.3. The van der Waals surface area contributed by atoms with Crippen molar-refractivity contribution in [1.82, 2.24) is 15.0 Å². The van der Waals surface area contributed by atoms with Crippen LogP contribution < -0.4 is 0 Å². The standard InChI is InChI=1S/C50H31N3O/c1-4-16-33(17-5-1)47-51-48(34-28-30-44-41(31-34)38-23-12-13-26-43(38)54-44)53-49(52-47)40-24-14-25-42-45(40)39-29-27-32-15-10-11-22-37(32)46(39)50(42,35-18-6-2-7-19-35)36-20-8-3-9-21-36/h1-31H. The molecule has 2 aromatic heterocycles. The molecule has 0 atom stereocenters. The average molecular weight is 690 g/mol. The third-order valence-electron chi connectivity index (χ3n) is 11.0. The van der Waals surface area contributed by atoms with E-state index in [-0.39, 0.29) is 0 Å². The van der Waals surface area contributed by atoms with E-state index < -0.39 is 5.41 Å². The molecule has 0 saturated heterocycles. The molecule has 0 spiro atoms. The molecule has 8 aromatic carbocycles. The summed E-state index contributed by atoms with van der Waals surface area (Å²) in [7, 11) is 0. The molecule has 0 bridgehead atoms. The second-order valence-electron chi connectivity index (χ2n) is 13.9. The second-order valence-corrected chi connectivity index (χ2v) is 13.9. The van der Waals surface area contributed by atoms with Gasteiger partial charge in [-0.2, -0.15) is 0 Å². The van der Waals surface area contributed by atoms with Crippen LogP contribution in [0, 0.1) is 0 Å². The summed E-state index contributed by atoms with van der Waals surface area (Å²) >= 11 is 0. The summed E-state index contributed by atoms with van der Waals surface area (Å²) in [5.74, 6) is 1.86. The molecule has 2 heterocycles. The normalized spacial score (nSPS) is 13.0. The minimum absolute atomic E-state index is 0.588. The molecule has 11 rings (SSSR count). The number of benzene rings is 8. The van der Waals surface area contributed by atoms with E-state index in [1.54, 1.807) is 0 Å². The van der Waals surface area contributed by atoms with Crippen LogP contribution >= 0.6 is 0 Å². The number of hydrogen-bond donors (Lipinski definition) is 0. The highest BCUT2D eigenvalue weighted by Gasteiger charge is 2.48. The topological polar surface area (TPSA) is 51.8 Å². The van der Waals surface area contributed by atoms with Crippen LogP contribution in [0.15, 0.2) is 192 Å². The quantitative estimate of drug-likeness (QED) is 0.180. The van der Waals surface area contributed by atoms with Gasteiger partial charge in [0.15, 0.2) is 17.5 Å². The fourth-order valence-corrected chi connectivity index (χ4v) is 8.71. The van der Waals surface area contributed by atoms with Crippen LogP contribution in [0.2, 0.25) is 0 Å². The van der Waals surface area contributed by atoms with Gasteiger partial charge in [-0.15, -0.1) is 0 Å². The highest BCUT2D eigenvalue weighted by Crippen LogP contribution is 2.59. The van der Waals surface area contributed by atoms with Crippen molar-refractivity contribution >= 4 is 32.7 Å². The molecule has 0 saturated carbocycles. The summed E-state index contributed by atoms with van der Waals surface area (Å²) < 4.78 is 6.18. The maximum Gasteiger partial charge on any atom is 0.164 e. The summed E-state index contributed by atoms with van der Waals surface area (Å²) in [6, 6.07) is 66.3. The van der Waals surface area contributed by atoms with Crippen molar-refractivity contribution in [3.05, 3.63) is 210 Å². The van der Waals surface area contributed by atoms with Crippen molar-refractivity contribution in [3.8, 4) is 45.3 Å². The number of furan rings is 1. The van der Waals surface area contributed by atoms with Crippen molar-refractivity contribution in [3.63, 3.8) is 0 Å². The van der Waals surface area contributed by atoms with Crippen molar-refractivity contribution < 1.29 is 4.42 Å². The monoisotopic (exact) mass is 689 g/mol. The van der Waals surface area contributed by atoms with Crippen molar-refractivity contribution in [2.75, 3.05) is 0 Å². The highest BCUT2D eigenvalue weighted by molar-refractivity contribution is 6.06. The van der Waals surface area contributed by atoms with Gasteiger partial charge in [0.2, 0.25) is 0 Å². The molecule has 4 nitrogen and oxygen atoms in total. The number of para-hydroxylation sites is 1. The lowest BCUT2D eigenvalue weighted by Gasteiger charge is -2.34. The van der Waals surface area contributed by atoms with Crippen LogP contribution in [0.25, 0.3) is 78.0 Å². The molecule has 0 N–H and O–H groups in total. The van der Waals surface area contributed by atoms with Gasteiger partial charge in [0.05, 0.1) is 5.41 Å². The smallest absolute Gasteiger partial charge is 0.164 e. The van der Waals surface area contributed by atoms with E-state index in [1.165, 1.54) is 38.6 Å². The lowest BCUT2D eigenvalue weighted by atomic mass is 9.66. The first-order chi connectivity index (χ1) is 26.8. The van der Waals surface area contributed by atoms with Crippen LogP contribution in [0.3, 0.4) is 0 Å². The Bertz CT molecular complexity index is 3000. The van der Waals surface area contributed by atoms with E-state index >= 15 is 0 Å². The summed E-state index contributed by atoms with van der Waals surface area (Å²) in [5.41, 5.74) is 11.1. The van der Waals surface area contributed by atoms with Gasteiger partial charge in [0.25, 0.3) is 0 Å². The number of fused-ring (bicyclic) bond motifs is 8. The van der Waals surface area contributed by atoms with Gasteiger partial charge in [0.1, 0.15) is 11.2 Å². The van der Waals surface area contributed by atoms with Crippen molar-refractivity contribution in [2.24, 2.45) is 0 Å². The number of rotatable bonds is 5. The molecular weight excluding hydrogens is 659 g/mol. The maximum atomic E-state index is 6.18. The number of nitrogens with zero attached hydrogens (tertiary/aromatic N) is 3. The molecule has 1 aliphatic carbocycles. The molecule has 4 heteroatoms. The predicted molar refractivity (Wildman–Crippen MR) is 218 cm³/mol. The van der Waals surface area contributed by atoms with Gasteiger partial charge >= 0.3 is 0 Å². The van der Waals surface area contributed by atoms with Crippen LogP contribution in [0.4, 0.5) is 0 Å². The Hall–Kier alpha value is -7.17. The fourth-order valence-electron chi connectivity index (χ4n) is 8.71. The number of hydrogen-bond acceptors (Lipinski definition) is 4. The molecule has 0 aliphatic heterocycles. The Morgan fingerprint density at radius 2 is 1.00 bits per heavy atom. The molecule has 0 radical (unpaired) electrons. The van der Waals surface area contributed by atoms with E-state index in [0.29, 0.717) is 17.5 Å². The van der Waals surface area contributed by atoms with Gasteiger partial charge in [-0.3, -0.25) is 0 Å². The maximum absolute atomic E-state index is 6.18. The van der Waals surface area contributed by atoms with Crippen LogP contribution in [0.1, 0.15) is 22.3 Å². The van der Waals surface area contributed by atoms with E-state index in [9.17, 15) is 0 Å². The summed E-state index contributed by atoms with van der Waals surface area (Å²) in [6.07, 6.45) is 0. The van der Waals surface area contributed by atoms with Crippen LogP contribution in [-0.2, 0) is 5.41 Å². The lowest BCUT2D eigenvalue weighted by molar-refractivity contribution is 0.669. The summed E-state index contributed by atoms with van der Waals surface area (Å²) in [4.78, 5) is 15.7. The minimum atomic E-state index is -0.588. The van der Waals surface area contributed by atoms with E-state index in [1.807, 2.05) is 48.5 Å². The Balaban J connectivity index is 1.23. The largest absolute Gasteiger partial charge is 0.456 e. The first kappa shape index (κ1) is 30.5. The fraction of sp³-hybridized carbons (Fsp3) is 0.0200. The summed E-state index contributed by atoms with van der Waals surface area (Å²) in [5, 5.41) is 4.53. The van der Waals surface area contributed by atoms with Gasteiger partial charge in [-0.25, -0.2) is 15.0 Å². The SMILES string of the molecule is c1ccc(-c2nc(-c3ccc4oc5ccccc5c4c3)nc(-c3cccc4c3-c3ccc5ccccc5c3C4(c3ccccc3)c3ccccc3)n2)cc1. The molecule has 252 valence electrons. The first-order valence-electron chi connectivity index (χ1n) is 18.3. The molecule has 0 fully saturated rings. The van der Waals surface area contributed by atoms with Gasteiger partial charge in [0, 0.05) is 27.5 Å². The Morgan fingerprint density at radius 3 is 1.76 bits per heavy atom. The van der Waals surface area contributed by atoms with Gasteiger partial charge in [-0.05, 0) is 68.4 Å². The number of aromatic nitrogens is 3. The third-order valence-corrected chi connectivity index (χ3v) is 11.0. The highest BCUT2D eigenvalue weighted by atomic mass is 16.3. The minimum Gasteiger partial charge on any atom is -0.456 e. The van der Waals surface area contributed by atoms with E-state index in [4.69, 9.17) is 19.4 Å². The molecule has 0 amide bonds. The third kappa shape index (κ3) is 4.47. The zero-order valence-electron chi connectivity index (χ0n) is 29.1. The average Bonchev–Trinajstić information content (AvgIpc) is 3.78. The second kappa shape index (κ2) is 11.9.